The van der Waals surface area contributed by atoms with Gasteiger partial charge in [-0.25, -0.2) is 0 Å². The molecule has 6 nitrogen and oxygen atoms in total. The van der Waals surface area contributed by atoms with Crippen LogP contribution in [0.5, 0.6) is 0 Å². The summed E-state index contributed by atoms with van der Waals surface area (Å²) in [5, 5.41) is 11.8. The van der Waals surface area contributed by atoms with Gasteiger partial charge >= 0.3 is 0 Å². The van der Waals surface area contributed by atoms with Crippen molar-refractivity contribution in [3.63, 3.8) is 0 Å². The number of aromatic nitrogens is 3. The highest BCUT2D eigenvalue weighted by Gasteiger charge is 2.43. The van der Waals surface area contributed by atoms with Crippen LogP contribution in [0.3, 0.4) is 0 Å². The zero-order valence-corrected chi connectivity index (χ0v) is 17.1. The third-order valence-electron chi connectivity index (χ3n) is 6.23. The highest BCUT2D eigenvalue weighted by Crippen LogP contribution is 2.37. The Labute approximate surface area is 167 Å². The van der Waals surface area contributed by atoms with Crippen LogP contribution < -0.4 is 5.32 Å². The minimum absolute atomic E-state index is 0.0199. The summed E-state index contributed by atoms with van der Waals surface area (Å²) in [6.07, 6.45) is 4.26. The van der Waals surface area contributed by atoms with E-state index < -0.39 is 0 Å². The van der Waals surface area contributed by atoms with Gasteiger partial charge in [0.15, 0.2) is 0 Å². The predicted octanol–water partition coefficient (Wildman–Crippen LogP) is 2.60. The lowest BCUT2D eigenvalue weighted by atomic mass is 9.75. The molecule has 0 saturated carbocycles. The highest BCUT2D eigenvalue weighted by molar-refractivity contribution is 5.79. The Balaban J connectivity index is 1.34. The monoisotopic (exact) mass is 381 g/mol. The first kappa shape index (κ1) is 19.1. The Bertz CT molecular complexity index is 810. The van der Waals surface area contributed by atoms with Crippen LogP contribution in [0, 0.1) is 11.8 Å². The number of amides is 1. The Hall–Kier alpha value is -2.21. The van der Waals surface area contributed by atoms with E-state index in [9.17, 15) is 4.79 Å². The average molecular weight is 382 g/mol. The molecule has 1 aromatic heterocycles. The molecule has 5 rings (SSSR count). The Kier molecular flexibility index (Phi) is 5.23. The summed E-state index contributed by atoms with van der Waals surface area (Å²) in [4.78, 5) is 15.3. The molecule has 2 bridgehead atoms. The van der Waals surface area contributed by atoms with Crippen LogP contribution in [0.25, 0.3) is 0 Å². The lowest BCUT2D eigenvalue weighted by molar-refractivity contribution is -0.133. The number of nitrogens with zero attached hydrogens (tertiary/aromatic N) is 4. The van der Waals surface area contributed by atoms with Gasteiger partial charge in [-0.05, 0) is 30.9 Å². The molecule has 150 valence electrons. The molecule has 4 heterocycles. The van der Waals surface area contributed by atoms with Gasteiger partial charge in [0.05, 0.1) is 18.2 Å². The quantitative estimate of drug-likeness (QED) is 0.865. The van der Waals surface area contributed by atoms with E-state index in [2.05, 4.69) is 59.6 Å². The molecule has 1 aromatic carbocycles. The van der Waals surface area contributed by atoms with Crippen molar-refractivity contribution in [2.24, 2.45) is 11.8 Å². The molecule has 2 aromatic rings. The number of piperidine rings is 3. The standard InChI is InChI=1S/C22H31N5O/c1-22(2,3)20-15-27(25-24-20)13-18-11-17-9-10-26(18)14-19(17)21(28)23-12-16-7-5-4-6-8-16/h4-8,15,17-19H,9-14H2,1-3H3,(H,23,28)/t17?,18-,19+/m1/s1. The number of nitrogens with one attached hydrogen (secondary N) is 1. The molecule has 28 heavy (non-hydrogen) atoms. The van der Waals surface area contributed by atoms with Crippen LogP contribution in [0.1, 0.15) is 44.9 Å². The summed E-state index contributed by atoms with van der Waals surface area (Å²) in [5.41, 5.74) is 2.20. The average Bonchev–Trinajstić information content (AvgIpc) is 3.16. The van der Waals surface area contributed by atoms with Gasteiger partial charge in [-0.15, -0.1) is 5.10 Å². The van der Waals surface area contributed by atoms with Gasteiger partial charge in [0.2, 0.25) is 5.91 Å². The molecular weight excluding hydrogens is 350 g/mol. The van der Waals surface area contributed by atoms with Gasteiger partial charge < -0.3 is 5.32 Å². The van der Waals surface area contributed by atoms with Crippen molar-refractivity contribution in [3.8, 4) is 0 Å². The van der Waals surface area contributed by atoms with Gasteiger partial charge in [-0.1, -0.05) is 56.3 Å². The van der Waals surface area contributed by atoms with E-state index in [1.807, 2.05) is 22.9 Å². The van der Waals surface area contributed by atoms with E-state index in [0.717, 1.165) is 43.7 Å². The normalized spacial score (nSPS) is 27.0. The van der Waals surface area contributed by atoms with Crippen molar-refractivity contribution >= 4 is 5.91 Å². The molecule has 1 amide bonds. The van der Waals surface area contributed by atoms with Gasteiger partial charge in [0.1, 0.15) is 0 Å². The third kappa shape index (κ3) is 4.12. The molecule has 4 atom stereocenters. The van der Waals surface area contributed by atoms with E-state index in [1.165, 1.54) is 0 Å². The molecular formula is C22H31N5O. The maximum Gasteiger partial charge on any atom is 0.224 e. The number of carbonyl (C=O) groups is 1. The van der Waals surface area contributed by atoms with Crippen LogP contribution in [0.2, 0.25) is 0 Å². The fourth-order valence-electron chi connectivity index (χ4n) is 4.49. The van der Waals surface area contributed by atoms with Crippen molar-refractivity contribution in [3.05, 3.63) is 47.8 Å². The van der Waals surface area contributed by atoms with Gasteiger partial charge in [0.25, 0.3) is 0 Å². The fraction of sp³-hybridized carbons (Fsp3) is 0.591. The van der Waals surface area contributed by atoms with Crippen molar-refractivity contribution in [2.75, 3.05) is 13.1 Å². The first-order valence-corrected chi connectivity index (χ1v) is 10.4. The Morgan fingerprint density at radius 1 is 1.25 bits per heavy atom. The molecule has 3 fully saturated rings. The maximum atomic E-state index is 12.8. The second kappa shape index (κ2) is 7.66. The minimum Gasteiger partial charge on any atom is -0.352 e. The fourth-order valence-corrected chi connectivity index (χ4v) is 4.49. The third-order valence-corrected chi connectivity index (χ3v) is 6.23. The van der Waals surface area contributed by atoms with Crippen LogP contribution in [-0.4, -0.2) is 44.9 Å². The predicted molar refractivity (Wildman–Crippen MR) is 109 cm³/mol. The number of carbonyl (C=O) groups excluding carboxylic acids is 1. The summed E-state index contributed by atoms with van der Waals surface area (Å²) in [6, 6.07) is 10.6. The molecule has 3 aliphatic rings. The van der Waals surface area contributed by atoms with E-state index in [1.54, 1.807) is 0 Å². The van der Waals surface area contributed by atoms with Crippen molar-refractivity contribution in [1.82, 2.24) is 25.2 Å². The summed E-state index contributed by atoms with van der Waals surface area (Å²) in [5.74, 6) is 0.777. The summed E-state index contributed by atoms with van der Waals surface area (Å²) >= 11 is 0. The second-order valence-corrected chi connectivity index (χ2v) is 9.32. The van der Waals surface area contributed by atoms with Crippen LogP contribution in [0.4, 0.5) is 0 Å². The summed E-state index contributed by atoms with van der Waals surface area (Å²) < 4.78 is 1.98. The van der Waals surface area contributed by atoms with Gasteiger partial charge in [0, 0.05) is 30.7 Å². The summed E-state index contributed by atoms with van der Waals surface area (Å²) in [7, 11) is 0. The minimum atomic E-state index is 0.0199. The molecule has 0 aliphatic carbocycles. The number of hydrogen-bond donors (Lipinski definition) is 1. The van der Waals surface area contributed by atoms with Crippen molar-refractivity contribution in [2.45, 2.75) is 58.2 Å². The maximum absolute atomic E-state index is 12.8. The highest BCUT2D eigenvalue weighted by atomic mass is 16.1. The van der Waals surface area contributed by atoms with E-state index >= 15 is 0 Å². The zero-order valence-electron chi connectivity index (χ0n) is 17.1. The Morgan fingerprint density at radius 2 is 2.04 bits per heavy atom. The van der Waals surface area contributed by atoms with E-state index in [4.69, 9.17) is 0 Å². The second-order valence-electron chi connectivity index (χ2n) is 9.32. The van der Waals surface area contributed by atoms with Crippen molar-refractivity contribution < 1.29 is 4.79 Å². The molecule has 1 N–H and O–H groups in total. The van der Waals surface area contributed by atoms with E-state index in [-0.39, 0.29) is 17.2 Å². The lowest BCUT2D eigenvalue weighted by Crippen LogP contribution is -2.58. The first-order valence-electron chi connectivity index (χ1n) is 10.4. The molecule has 0 radical (unpaired) electrons. The largest absolute Gasteiger partial charge is 0.352 e. The number of fused-ring (bicyclic) bond motifs is 3. The molecule has 0 spiro atoms. The zero-order chi connectivity index (χ0) is 19.7. The lowest BCUT2D eigenvalue weighted by Gasteiger charge is -2.49. The van der Waals surface area contributed by atoms with Gasteiger partial charge in [-0.3, -0.25) is 14.4 Å². The Morgan fingerprint density at radius 3 is 2.68 bits per heavy atom. The molecule has 6 heteroatoms. The first-order chi connectivity index (χ1) is 13.4. The van der Waals surface area contributed by atoms with Crippen molar-refractivity contribution in [1.29, 1.82) is 0 Å². The number of hydrogen-bond acceptors (Lipinski definition) is 4. The van der Waals surface area contributed by atoms with E-state index in [0.29, 0.717) is 18.5 Å². The summed E-state index contributed by atoms with van der Waals surface area (Å²) in [6.45, 7) is 9.89. The van der Waals surface area contributed by atoms with Crippen LogP contribution in [-0.2, 0) is 23.3 Å². The van der Waals surface area contributed by atoms with Crippen LogP contribution >= 0.6 is 0 Å². The van der Waals surface area contributed by atoms with Gasteiger partial charge in [-0.2, -0.15) is 0 Å². The number of benzene rings is 1. The molecule has 2 unspecified atom stereocenters. The molecule has 3 aliphatic heterocycles. The smallest absolute Gasteiger partial charge is 0.224 e. The SMILES string of the molecule is CC(C)(C)c1cn(C[C@H]2CC3CCN2C[C@@H]3C(=O)NCc2ccccc2)nn1. The number of rotatable bonds is 5. The topological polar surface area (TPSA) is 63.1 Å². The van der Waals surface area contributed by atoms with Crippen LogP contribution in [0.15, 0.2) is 36.5 Å². The molecule has 3 saturated heterocycles.